The van der Waals surface area contributed by atoms with Gasteiger partial charge in [0.2, 0.25) is 0 Å². The smallest absolute Gasteiger partial charge is 0.257 e. The lowest BCUT2D eigenvalue weighted by molar-refractivity contribution is 0.102. The molecule has 136 valence electrons. The van der Waals surface area contributed by atoms with Gasteiger partial charge in [0.25, 0.3) is 5.91 Å². The number of thiazole rings is 1. The minimum absolute atomic E-state index is 0.168. The van der Waals surface area contributed by atoms with E-state index in [1.54, 1.807) is 6.20 Å². The van der Waals surface area contributed by atoms with Crippen LogP contribution in [-0.4, -0.2) is 22.5 Å². The molecule has 0 fully saturated rings. The molecule has 0 aliphatic heterocycles. The van der Waals surface area contributed by atoms with Crippen LogP contribution in [0, 0.1) is 6.92 Å². The number of benzene rings is 2. The number of nitrogens with zero attached hydrogens (tertiary/aromatic N) is 2. The van der Waals surface area contributed by atoms with Crippen molar-refractivity contribution in [2.75, 3.05) is 11.9 Å². The number of rotatable bonds is 5. The van der Waals surface area contributed by atoms with E-state index in [-0.39, 0.29) is 5.91 Å². The van der Waals surface area contributed by atoms with Crippen LogP contribution in [0.1, 0.15) is 29.3 Å². The zero-order valence-corrected chi connectivity index (χ0v) is 16.0. The second kappa shape index (κ2) is 7.32. The van der Waals surface area contributed by atoms with Gasteiger partial charge in [0, 0.05) is 23.2 Å². The Bertz CT molecular complexity index is 1120. The standard InChI is InChI=1S/C21H19N3O2S/c1-3-11-26-16-12-17-19(15-5-4-10-22-18(15)16)23-21(27-17)24-20(25)14-8-6-13(2)7-9-14/h4-10,12H,3,11H2,1-2H3,(H,23,24,25). The number of pyridine rings is 1. The molecule has 0 saturated heterocycles. The van der Waals surface area contributed by atoms with E-state index in [4.69, 9.17) is 4.74 Å². The summed E-state index contributed by atoms with van der Waals surface area (Å²) in [6.45, 7) is 4.69. The fourth-order valence-corrected chi connectivity index (χ4v) is 3.76. The largest absolute Gasteiger partial charge is 0.491 e. The van der Waals surface area contributed by atoms with E-state index < -0.39 is 0 Å². The molecule has 2 aromatic carbocycles. The third-order valence-electron chi connectivity index (χ3n) is 4.21. The number of fused-ring (bicyclic) bond motifs is 3. The van der Waals surface area contributed by atoms with E-state index in [2.05, 4.69) is 22.2 Å². The molecule has 0 saturated carbocycles. The highest BCUT2D eigenvalue weighted by Crippen LogP contribution is 2.36. The predicted octanol–water partition coefficient (Wildman–Crippen LogP) is 5.19. The van der Waals surface area contributed by atoms with Crippen molar-refractivity contribution in [1.82, 2.24) is 9.97 Å². The number of anilines is 1. The molecule has 4 aromatic rings. The minimum Gasteiger partial charge on any atom is -0.491 e. The zero-order valence-electron chi connectivity index (χ0n) is 15.2. The quantitative estimate of drug-likeness (QED) is 0.519. The van der Waals surface area contributed by atoms with Crippen LogP contribution in [0.2, 0.25) is 0 Å². The van der Waals surface area contributed by atoms with Gasteiger partial charge in [-0.25, -0.2) is 4.98 Å². The van der Waals surface area contributed by atoms with Crippen LogP contribution in [0.5, 0.6) is 5.75 Å². The van der Waals surface area contributed by atoms with Crippen molar-refractivity contribution in [3.05, 3.63) is 59.8 Å². The summed E-state index contributed by atoms with van der Waals surface area (Å²) in [7, 11) is 0. The first-order valence-corrected chi connectivity index (χ1v) is 9.66. The van der Waals surface area contributed by atoms with Gasteiger partial charge in [-0.3, -0.25) is 15.1 Å². The second-order valence-electron chi connectivity index (χ2n) is 6.31. The Kier molecular flexibility index (Phi) is 4.73. The van der Waals surface area contributed by atoms with Crippen molar-refractivity contribution in [2.24, 2.45) is 0 Å². The van der Waals surface area contributed by atoms with Crippen molar-refractivity contribution in [2.45, 2.75) is 20.3 Å². The summed E-state index contributed by atoms with van der Waals surface area (Å²) in [6, 6.07) is 13.3. The molecule has 0 spiro atoms. The van der Waals surface area contributed by atoms with Crippen LogP contribution in [0.4, 0.5) is 5.13 Å². The third-order valence-corrected chi connectivity index (χ3v) is 5.13. The average molecular weight is 377 g/mol. The summed E-state index contributed by atoms with van der Waals surface area (Å²) in [5.74, 6) is 0.582. The van der Waals surface area contributed by atoms with Crippen molar-refractivity contribution in [3.8, 4) is 5.75 Å². The Hall–Kier alpha value is -2.99. The van der Waals surface area contributed by atoms with Gasteiger partial charge in [0.15, 0.2) is 5.13 Å². The molecule has 0 atom stereocenters. The fraction of sp³-hybridized carbons (Fsp3) is 0.190. The van der Waals surface area contributed by atoms with Crippen LogP contribution in [0.25, 0.3) is 21.1 Å². The molecule has 1 amide bonds. The molecule has 0 unspecified atom stereocenters. The van der Waals surface area contributed by atoms with E-state index in [9.17, 15) is 4.79 Å². The fourth-order valence-electron chi connectivity index (χ4n) is 2.85. The monoisotopic (exact) mass is 377 g/mol. The highest BCUT2D eigenvalue weighted by molar-refractivity contribution is 7.22. The Morgan fingerprint density at radius 3 is 2.78 bits per heavy atom. The number of carbonyl (C=O) groups is 1. The first-order chi connectivity index (χ1) is 13.2. The Labute approximate surface area is 161 Å². The van der Waals surface area contributed by atoms with Crippen LogP contribution in [0.15, 0.2) is 48.7 Å². The zero-order chi connectivity index (χ0) is 18.8. The van der Waals surface area contributed by atoms with Crippen LogP contribution in [-0.2, 0) is 0 Å². The van der Waals surface area contributed by atoms with E-state index >= 15 is 0 Å². The maximum Gasteiger partial charge on any atom is 0.257 e. The van der Waals surface area contributed by atoms with Gasteiger partial charge < -0.3 is 4.74 Å². The molecule has 5 nitrogen and oxygen atoms in total. The summed E-state index contributed by atoms with van der Waals surface area (Å²) in [6.07, 6.45) is 2.67. The van der Waals surface area contributed by atoms with Crippen LogP contribution in [0.3, 0.4) is 0 Å². The Balaban J connectivity index is 1.72. The summed E-state index contributed by atoms with van der Waals surface area (Å²) in [4.78, 5) is 21.6. The van der Waals surface area contributed by atoms with Crippen molar-refractivity contribution >= 4 is 43.5 Å². The highest BCUT2D eigenvalue weighted by atomic mass is 32.1. The van der Waals surface area contributed by atoms with Gasteiger partial charge in [-0.15, -0.1) is 0 Å². The normalized spacial score (nSPS) is 11.0. The number of nitrogens with one attached hydrogen (secondary N) is 1. The van der Waals surface area contributed by atoms with Crippen LogP contribution >= 0.6 is 11.3 Å². The summed E-state index contributed by atoms with van der Waals surface area (Å²) in [5.41, 5.74) is 3.34. The van der Waals surface area contributed by atoms with Gasteiger partial charge in [-0.2, -0.15) is 0 Å². The molecule has 0 aliphatic rings. The van der Waals surface area contributed by atoms with Gasteiger partial charge in [-0.05, 0) is 37.6 Å². The van der Waals surface area contributed by atoms with Crippen LogP contribution < -0.4 is 10.1 Å². The predicted molar refractivity (Wildman–Crippen MR) is 110 cm³/mol. The second-order valence-corrected chi connectivity index (χ2v) is 7.34. The Morgan fingerprint density at radius 1 is 1.19 bits per heavy atom. The summed E-state index contributed by atoms with van der Waals surface area (Å²) >= 11 is 1.44. The lowest BCUT2D eigenvalue weighted by Crippen LogP contribution is -2.11. The van der Waals surface area contributed by atoms with E-state index in [0.717, 1.165) is 38.9 Å². The molecule has 4 rings (SSSR count). The first kappa shape index (κ1) is 17.4. The molecule has 0 bridgehead atoms. The molecule has 1 N–H and O–H groups in total. The topological polar surface area (TPSA) is 64.1 Å². The Morgan fingerprint density at radius 2 is 2.00 bits per heavy atom. The van der Waals surface area contributed by atoms with E-state index in [0.29, 0.717) is 17.3 Å². The number of carbonyl (C=O) groups excluding carboxylic acids is 1. The van der Waals surface area contributed by atoms with Crippen molar-refractivity contribution < 1.29 is 9.53 Å². The molecule has 6 heteroatoms. The number of aryl methyl sites for hydroxylation is 1. The van der Waals surface area contributed by atoms with Crippen molar-refractivity contribution in [1.29, 1.82) is 0 Å². The van der Waals surface area contributed by atoms with E-state index in [1.807, 2.05) is 49.4 Å². The number of ether oxygens (including phenoxy) is 1. The molecule has 2 aromatic heterocycles. The number of amides is 1. The summed E-state index contributed by atoms with van der Waals surface area (Å²) < 4.78 is 6.84. The van der Waals surface area contributed by atoms with Gasteiger partial charge in [-0.1, -0.05) is 36.0 Å². The van der Waals surface area contributed by atoms with Gasteiger partial charge in [0.1, 0.15) is 11.3 Å². The van der Waals surface area contributed by atoms with Crippen molar-refractivity contribution in [3.63, 3.8) is 0 Å². The lowest BCUT2D eigenvalue weighted by Gasteiger charge is -2.07. The highest BCUT2D eigenvalue weighted by Gasteiger charge is 2.15. The lowest BCUT2D eigenvalue weighted by atomic mass is 10.1. The molecule has 27 heavy (non-hydrogen) atoms. The maximum atomic E-state index is 12.5. The maximum absolute atomic E-state index is 12.5. The van der Waals surface area contributed by atoms with Gasteiger partial charge >= 0.3 is 0 Å². The minimum atomic E-state index is -0.168. The molecular formula is C21H19N3O2S. The summed E-state index contributed by atoms with van der Waals surface area (Å²) in [5, 5.41) is 4.39. The number of hydrogen-bond donors (Lipinski definition) is 1. The van der Waals surface area contributed by atoms with Gasteiger partial charge in [0.05, 0.1) is 16.8 Å². The van der Waals surface area contributed by atoms with E-state index in [1.165, 1.54) is 11.3 Å². The molecular weight excluding hydrogens is 358 g/mol. The number of aromatic nitrogens is 2. The SMILES string of the molecule is CCCOc1cc2sc(NC(=O)c3ccc(C)cc3)nc2c2cccnc12. The first-order valence-electron chi connectivity index (χ1n) is 8.85. The average Bonchev–Trinajstić information content (AvgIpc) is 3.09. The molecule has 2 heterocycles. The molecule has 0 aliphatic carbocycles. The third kappa shape index (κ3) is 3.48. The molecule has 0 radical (unpaired) electrons. The number of hydrogen-bond acceptors (Lipinski definition) is 5.